The van der Waals surface area contributed by atoms with E-state index in [1.54, 1.807) is 24.5 Å². The van der Waals surface area contributed by atoms with E-state index in [-0.39, 0.29) is 11.9 Å². The summed E-state index contributed by atoms with van der Waals surface area (Å²) in [4.78, 5) is 22.5. The molecule has 0 aliphatic heterocycles. The van der Waals surface area contributed by atoms with Crippen LogP contribution in [0.2, 0.25) is 0 Å². The van der Waals surface area contributed by atoms with Crippen LogP contribution in [0.3, 0.4) is 0 Å². The Kier molecular flexibility index (Phi) is 3.55. The summed E-state index contributed by atoms with van der Waals surface area (Å²) < 4.78 is 0. The largest absolute Gasteiger partial charge is 0.357 e. The summed E-state index contributed by atoms with van der Waals surface area (Å²) in [6, 6.07) is 13.3. The second-order valence-electron chi connectivity index (χ2n) is 4.83. The van der Waals surface area contributed by atoms with Crippen LogP contribution in [0.1, 0.15) is 29.3 Å². The third-order valence-electron chi connectivity index (χ3n) is 3.28. The van der Waals surface area contributed by atoms with Gasteiger partial charge in [-0.3, -0.25) is 4.79 Å². The minimum absolute atomic E-state index is 0.148. The number of hydrogen-bond acceptors (Lipinski definition) is 2. The number of carbonyl (C=O) groups excluding carboxylic acids is 1. The van der Waals surface area contributed by atoms with Crippen LogP contribution in [0.5, 0.6) is 0 Å². The van der Waals surface area contributed by atoms with Crippen molar-refractivity contribution in [3.8, 4) is 11.3 Å². The fourth-order valence-electron chi connectivity index (χ4n) is 2.14. The van der Waals surface area contributed by atoms with Crippen LogP contribution in [0.4, 0.5) is 0 Å². The third kappa shape index (κ3) is 2.86. The zero-order valence-electron chi connectivity index (χ0n) is 11.6. The van der Waals surface area contributed by atoms with Gasteiger partial charge in [0.25, 0.3) is 5.91 Å². The minimum Gasteiger partial charge on any atom is -0.357 e. The van der Waals surface area contributed by atoms with Gasteiger partial charge in [-0.1, -0.05) is 30.3 Å². The lowest BCUT2D eigenvalue weighted by Gasteiger charge is -2.10. The molecule has 106 valence electrons. The zero-order valence-corrected chi connectivity index (χ0v) is 11.6. The normalized spacial score (nSPS) is 12.0. The molecule has 2 aromatic heterocycles. The molecule has 0 aliphatic carbocycles. The second-order valence-corrected chi connectivity index (χ2v) is 4.83. The van der Waals surface area contributed by atoms with Gasteiger partial charge < -0.3 is 15.3 Å². The van der Waals surface area contributed by atoms with Gasteiger partial charge in [-0.2, -0.15) is 0 Å². The van der Waals surface area contributed by atoms with E-state index in [1.807, 2.05) is 37.3 Å². The van der Waals surface area contributed by atoms with Crippen molar-refractivity contribution in [2.24, 2.45) is 0 Å². The summed E-state index contributed by atoms with van der Waals surface area (Å²) in [5, 5.41) is 2.90. The van der Waals surface area contributed by atoms with E-state index in [0.717, 1.165) is 17.1 Å². The van der Waals surface area contributed by atoms with Gasteiger partial charge in [0.2, 0.25) is 0 Å². The Morgan fingerprint density at radius 2 is 2.00 bits per heavy atom. The van der Waals surface area contributed by atoms with Gasteiger partial charge >= 0.3 is 0 Å². The number of aromatic amines is 2. The van der Waals surface area contributed by atoms with E-state index in [1.165, 1.54) is 0 Å². The Hall–Kier alpha value is -2.82. The fraction of sp³-hybridized carbons (Fsp3) is 0.125. The van der Waals surface area contributed by atoms with Crippen molar-refractivity contribution in [3.05, 3.63) is 66.4 Å². The number of imidazole rings is 1. The predicted octanol–water partition coefficient (Wildman–Crippen LogP) is 2.90. The Labute approximate surface area is 122 Å². The van der Waals surface area contributed by atoms with Crippen molar-refractivity contribution in [1.82, 2.24) is 20.3 Å². The number of benzene rings is 1. The molecule has 0 spiro atoms. The van der Waals surface area contributed by atoms with Crippen LogP contribution in [-0.2, 0) is 0 Å². The quantitative estimate of drug-likeness (QED) is 0.687. The molecule has 0 radical (unpaired) electrons. The number of nitrogens with one attached hydrogen (secondary N) is 3. The van der Waals surface area contributed by atoms with E-state index in [4.69, 9.17) is 0 Å². The average Bonchev–Trinajstić information content (AvgIpc) is 3.20. The molecule has 2 heterocycles. The highest BCUT2D eigenvalue weighted by atomic mass is 16.1. The number of H-pyrrole nitrogens is 2. The molecule has 0 fully saturated rings. The first-order valence-electron chi connectivity index (χ1n) is 6.78. The van der Waals surface area contributed by atoms with E-state index < -0.39 is 0 Å². The van der Waals surface area contributed by atoms with Gasteiger partial charge in [0.05, 0.1) is 17.9 Å². The maximum absolute atomic E-state index is 12.0. The highest BCUT2D eigenvalue weighted by Crippen LogP contribution is 2.18. The first-order valence-corrected chi connectivity index (χ1v) is 6.78. The number of aromatic nitrogens is 3. The Morgan fingerprint density at radius 1 is 1.19 bits per heavy atom. The lowest BCUT2D eigenvalue weighted by atomic mass is 10.2. The van der Waals surface area contributed by atoms with Crippen LogP contribution >= 0.6 is 0 Å². The number of nitrogens with zero attached hydrogens (tertiary/aromatic N) is 1. The molecule has 1 aromatic carbocycles. The Morgan fingerprint density at radius 3 is 2.71 bits per heavy atom. The number of hydrogen-bond donors (Lipinski definition) is 3. The van der Waals surface area contributed by atoms with Gasteiger partial charge in [-0.25, -0.2) is 4.98 Å². The van der Waals surface area contributed by atoms with Crippen LogP contribution in [0, 0.1) is 0 Å². The van der Waals surface area contributed by atoms with Crippen LogP contribution in [0.25, 0.3) is 11.3 Å². The molecule has 21 heavy (non-hydrogen) atoms. The highest BCUT2D eigenvalue weighted by molar-refractivity contribution is 5.92. The molecule has 0 saturated heterocycles. The zero-order chi connectivity index (χ0) is 14.7. The molecule has 0 bridgehead atoms. The minimum atomic E-state index is -0.196. The van der Waals surface area contributed by atoms with Crippen LogP contribution in [0.15, 0.2) is 54.9 Å². The van der Waals surface area contributed by atoms with Crippen molar-refractivity contribution < 1.29 is 4.79 Å². The van der Waals surface area contributed by atoms with Gasteiger partial charge in [0, 0.05) is 6.20 Å². The average molecular weight is 280 g/mol. The van der Waals surface area contributed by atoms with Crippen LogP contribution in [-0.4, -0.2) is 20.9 Å². The molecule has 3 rings (SSSR count). The molecule has 1 amide bonds. The Bertz CT molecular complexity index is 716. The van der Waals surface area contributed by atoms with E-state index in [9.17, 15) is 4.79 Å². The molecule has 1 atom stereocenters. The van der Waals surface area contributed by atoms with Crippen molar-refractivity contribution >= 4 is 5.91 Å². The molecule has 0 aliphatic rings. The molecule has 3 N–H and O–H groups in total. The maximum atomic E-state index is 12.0. The van der Waals surface area contributed by atoms with Gasteiger partial charge in [-0.05, 0) is 24.6 Å². The van der Waals surface area contributed by atoms with Crippen LogP contribution < -0.4 is 5.32 Å². The summed E-state index contributed by atoms with van der Waals surface area (Å²) in [6.45, 7) is 1.90. The lowest BCUT2D eigenvalue weighted by Crippen LogP contribution is -2.27. The highest BCUT2D eigenvalue weighted by Gasteiger charge is 2.14. The summed E-state index contributed by atoms with van der Waals surface area (Å²) in [5.74, 6) is 0.582. The topological polar surface area (TPSA) is 73.6 Å². The summed E-state index contributed by atoms with van der Waals surface area (Å²) in [7, 11) is 0. The maximum Gasteiger partial charge on any atom is 0.268 e. The van der Waals surface area contributed by atoms with Gasteiger partial charge in [0.1, 0.15) is 11.5 Å². The smallest absolute Gasteiger partial charge is 0.268 e. The van der Waals surface area contributed by atoms with Gasteiger partial charge in [-0.15, -0.1) is 0 Å². The molecule has 5 nitrogen and oxygen atoms in total. The first kappa shape index (κ1) is 13.2. The monoisotopic (exact) mass is 280 g/mol. The van der Waals surface area contributed by atoms with Crippen molar-refractivity contribution in [2.45, 2.75) is 13.0 Å². The summed E-state index contributed by atoms with van der Waals surface area (Å²) >= 11 is 0. The summed E-state index contributed by atoms with van der Waals surface area (Å²) in [6.07, 6.45) is 3.50. The van der Waals surface area contributed by atoms with Crippen molar-refractivity contribution in [2.75, 3.05) is 0 Å². The van der Waals surface area contributed by atoms with E-state index >= 15 is 0 Å². The molecule has 0 saturated carbocycles. The predicted molar refractivity (Wildman–Crippen MR) is 80.7 cm³/mol. The SMILES string of the molecule is CC(NC(=O)c1ccc[nH]1)c1ncc(-c2ccccc2)[nH]1. The summed E-state index contributed by atoms with van der Waals surface area (Å²) in [5.41, 5.74) is 2.54. The Balaban J connectivity index is 1.73. The number of amides is 1. The standard InChI is InChI=1S/C16H16N4O/c1-11(19-16(21)13-8-5-9-17-13)15-18-10-14(20-15)12-6-3-2-4-7-12/h2-11,17H,1H3,(H,18,20)(H,19,21). The first-order chi connectivity index (χ1) is 10.2. The van der Waals surface area contributed by atoms with E-state index in [0.29, 0.717) is 5.69 Å². The van der Waals surface area contributed by atoms with Crippen molar-refractivity contribution in [3.63, 3.8) is 0 Å². The second kappa shape index (κ2) is 5.66. The molecular weight excluding hydrogens is 264 g/mol. The molecule has 1 unspecified atom stereocenters. The lowest BCUT2D eigenvalue weighted by molar-refractivity contribution is 0.0934. The van der Waals surface area contributed by atoms with Gasteiger partial charge in [0.15, 0.2) is 0 Å². The van der Waals surface area contributed by atoms with E-state index in [2.05, 4.69) is 20.3 Å². The molecule has 3 aromatic rings. The molecular formula is C16H16N4O. The number of carbonyl (C=O) groups is 1. The third-order valence-corrected chi connectivity index (χ3v) is 3.28. The number of rotatable bonds is 4. The molecule has 5 heteroatoms. The van der Waals surface area contributed by atoms with Crippen molar-refractivity contribution in [1.29, 1.82) is 0 Å². The fourth-order valence-corrected chi connectivity index (χ4v) is 2.14.